The van der Waals surface area contributed by atoms with E-state index in [0.29, 0.717) is 50.2 Å². The Kier molecular flexibility index (Phi) is 6.19. The molecule has 2 aliphatic heterocycles. The molecule has 5 nitrogen and oxygen atoms in total. The molecule has 2 saturated heterocycles. The van der Waals surface area contributed by atoms with Gasteiger partial charge in [0.25, 0.3) is 0 Å². The van der Waals surface area contributed by atoms with E-state index in [9.17, 15) is 22.0 Å². The van der Waals surface area contributed by atoms with Gasteiger partial charge in [0.15, 0.2) is 0 Å². The van der Waals surface area contributed by atoms with Gasteiger partial charge in [-0.2, -0.15) is 4.31 Å². The number of carbonyl (C=O) groups is 1. The van der Waals surface area contributed by atoms with Gasteiger partial charge in [0.2, 0.25) is 15.9 Å². The van der Waals surface area contributed by atoms with E-state index in [4.69, 9.17) is 11.6 Å². The SMILES string of the molecule is O=C(N1CCCC1)C1([C@H]2CCC[C@@H](c3cc(F)cc(F)c3)N2S(=O)(=O)c2ccc(Cl)cc2)CC1. The predicted octanol–water partition coefficient (Wildman–Crippen LogP) is 5.31. The predicted molar refractivity (Wildman–Crippen MR) is 125 cm³/mol. The van der Waals surface area contributed by atoms with Crippen LogP contribution in [0.25, 0.3) is 0 Å². The van der Waals surface area contributed by atoms with Crippen LogP contribution in [0.3, 0.4) is 0 Å². The molecule has 34 heavy (non-hydrogen) atoms. The smallest absolute Gasteiger partial charge is 0.243 e. The van der Waals surface area contributed by atoms with Gasteiger partial charge in [0, 0.05) is 30.2 Å². The lowest BCUT2D eigenvalue weighted by molar-refractivity contribution is -0.138. The Morgan fingerprint density at radius 2 is 1.56 bits per heavy atom. The molecule has 0 unspecified atom stereocenters. The van der Waals surface area contributed by atoms with E-state index < -0.39 is 39.2 Å². The van der Waals surface area contributed by atoms with Crippen LogP contribution in [0.15, 0.2) is 47.4 Å². The van der Waals surface area contributed by atoms with E-state index in [0.717, 1.165) is 18.9 Å². The van der Waals surface area contributed by atoms with Gasteiger partial charge in [0.05, 0.1) is 16.4 Å². The number of amides is 1. The fraction of sp³-hybridized carbons (Fsp3) is 0.480. The highest BCUT2D eigenvalue weighted by molar-refractivity contribution is 7.89. The number of benzene rings is 2. The van der Waals surface area contributed by atoms with Gasteiger partial charge in [-0.3, -0.25) is 4.79 Å². The summed E-state index contributed by atoms with van der Waals surface area (Å²) in [6.45, 7) is 1.38. The lowest BCUT2D eigenvalue weighted by atomic mass is 9.84. The quantitative estimate of drug-likeness (QED) is 0.550. The van der Waals surface area contributed by atoms with E-state index in [1.165, 1.54) is 40.7 Å². The van der Waals surface area contributed by atoms with Crippen molar-refractivity contribution in [1.82, 2.24) is 9.21 Å². The van der Waals surface area contributed by atoms with Crippen LogP contribution >= 0.6 is 11.6 Å². The number of hydrogen-bond acceptors (Lipinski definition) is 3. The molecular formula is C25H27ClF2N2O3S. The first kappa shape index (κ1) is 23.7. The highest BCUT2D eigenvalue weighted by Crippen LogP contribution is 2.57. The molecule has 0 spiro atoms. The van der Waals surface area contributed by atoms with Crippen molar-refractivity contribution in [1.29, 1.82) is 0 Å². The van der Waals surface area contributed by atoms with Crippen molar-refractivity contribution in [2.75, 3.05) is 13.1 Å². The van der Waals surface area contributed by atoms with E-state index in [2.05, 4.69) is 0 Å². The Bertz CT molecular complexity index is 1170. The Hall–Kier alpha value is -2.03. The van der Waals surface area contributed by atoms with Crippen molar-refractivity contribution in [3.05, 3.63) is 64.7 Å². The number of rotatable bonds is 5. The molecule has 1 saturated carbocycles. The third-order valence-electron chi connectivity index (χ3n) is 7.47. The third-order valence-corrected chi connectivity index (χ3v) is 9.66. The van der Waals surface area contributed by atoms with Crippen LogP contribution in [0, 0.1) is 17.0 Å². The molecule has 1 amide bonds. The number of halogens is 3. The van der Waals surface area contributed by atoms with Crippen molar-refractivity contribution in [3.8, 4) is 0 Å². The van der Waals surface area contributed by atoms with Crippen LogP contribution in [-0.2, 0) is 14.8 Å². The highest BCUT2D eigenvalue weighted by Gasteiger charge is 2.62. The molecule has 1 aliphatic carbocycles. The van der Waals surface area contributed by atoms with Gasteiger partial charge in [-0.15, -0.1) is 0 Å². The molecule has 3 fully saturated rings. The van der Waals surface area contributed by atoms with Crippen LogP contribution in [0.5, 0.6) is 0 Å². The first-order valence-corrected chi connectivity index (χ1v) is 13.6. The molecule has 2 aromatic rings. The summed E-state index contributed by atoms with van der Waals surface area (Å²) in [7, 11) is -4.09. The second kappa shape index (κ2) is 8.88. The average molecular weight is 509 g/mol. The summed E-state index contributed by atoms with van der Waals surface area (Å²) >= 11 is 5.99. The van der Waals surface area contributed by atoms with Crippen molar-refractivity contribution in [3.63, 3.8) is 0 Å². The molecule has 0 aromatic heterocycles. The van der Waals surface area contributed by atoms with E-state index in [1.807, 2.05) is 4.90 Å². The van der Waals surface area contributed by atoms with Crippen molar-refractivity contribution in [2.24, 2.45) is 5.41 Å². The van der Waals surface area contributed by atoms with Crippen molar-refractivity contribution >= 4 is 27.5 Å². The molecule has 2 heterocycles. The number of sulfonamides is 1. The summed E-state index contributed by atoms with van der Waals surface area (Å²) in [4.78, 5) is 15.5. The largest absolute Gasteiger partial charge is 0.342 e. The Labute approximate surface area is 203 Å². The van der Waals surface area contributed by atoms with Crippen LogP contribution in [0.1, 0.15) is 56.6 Å². The van der Waals surface area contributed by atoms with Crippen LogP contribution in [-0.4, -0.2) is 42.7 Å². The Morgan fingerprint density at radius 1 is 0.941 bits per heavy atom. The number of nitrogens with zero attached hydrogens (tertiary/aromatic N) is 2. The van der Waals surface area contributed by atoms with Crippen LogP contribution in [0.2, 0.25) is 5.02 Å². The molecule has 0 radical (unpaired) electrons. The summed E-state index contributed by atoms with van der Waals surface area (Å²) in [5.41, 5.74) is -0.516. The van der Waals surface area contributed by atoms with Crippen molar-refractivity contribution in [2.45, 2.75) is 61.9 Å². The molecule has 2 atom stereocenters. The number of hydrogen-bond donors (Lipinski definition) is 0. The summed E-state index contributed by atoms with van der Waals surface area (Å²) in [5.74, 6) is -1.50. The maximum Gasteiger partial charge on any atom is 0.243 e. The molecule has 0 N–H and O–H groups in total. The molecule has 0 bridgehead atoms. The van der Waals surface area contributed by atoms with Gasteiger partial charge in [-0.05, 0) is 86.9 Å². The third kappa shape index (κ3) is 4.14. The van der Waals surface area contributed by atoms with E-state index in [1.54, 1.807) is 0 Å². The fourth-order valence-corrected chi connectivity index (χ4v) is 7.75. The monoisotopic (exact) mass is 508 g/mol. The average Bonchev–Trinajstić information content (AvgIpc) is 3.43. The summed E-state index contributed by atoms with van der Waals surface area (Å²) < 4.78 is 57.8. The topological polar surface area (TPSA) is 57.7 Å². The number of carbonyl (C=O) groups excluding carboxylic acids is 1. The summed E-state index contributed by atoms with van der Waals surface area (Å²) in [6.07, 6.45) is 4.73. The van der Waals surface area contributed by atoms with Gasteiger partial charge in [0.1, 0.15) is 11.6 Å². The molecule has 9 heteroatoms. The standard InChI is InChI=1S/C25H27ClF2N2O3S/c26-18-6-8-21(9-7-18)34(32,33)30-22(17-14-19(27)16-20(28)15-17)4-3-5-23(30)25(10-11-25)24(31)29-12-1-2-13-29/h6-9,14-16,22-23H,1-5,10-13H2/t22-,23+/m0/s1. The minimum atomic E-state index is -4.09. The Morgan fingerprint density at radius 3 is 2.15 bits per heavy atom. The van der Waals surface area contributed by atoms with Gasteiger partial charge >= 0.3 is 0 Å². The number of likely N-dealkylation sites (tertiary alicyclic amines) is 1. The maximum absolute atomic E-state index is 14.2. The minimum absolute atomic E-state index is 0.0115. The second-order valence-electron chi connectivity index (χ2n) is 9.61. The maximum atomic E-state index is 14.2. The molecule has 3 aliphatic rings. The first-order valence-electron chi connectivity index (χ1n) is 11.8. The molecule has 2 aromatic carbocycles. The normalized spacial score (nSPS) is 24.9. The minimum Gasteiger partial charge on any atom is -0.342 e. The zero-order valence-electron chi connectivity index (χ0n) is 18.7. The number of piperidine rings is 1. The zero-order chi connectivity index (χ0) is 24.1. The van der Waals surface area contributed by atoms with Crippen LogP contribution < -0.4 is 0 Å². The zero-order valence-corrected chi connectivity index (χ0v) is 20.3. The first-order chi connectivity index (χ1) is 16.2. The molecule has 5 rings (SSSR count). The highest BCUT2D eigenvalue weighted by atomic mass is 35.5. The second-order valence-corrected chi connectivity index (χ2v) is 11.9. The molecule has 182 valence electrons. The van der Waals surface area contributed by atoms with Crippen LogP contribution in [0.4, 0.5) is 8.78 Å². The lowest BCUT2D eigenvalue weighted by Crippen LogP contribution is -2.54. The van der Waals surface area contributed by atoms with E-state index >= 15 is 0 Å². The summed E-state index contributed by atoms with van der Waals surface area (Å²) in [6, 6.07) is 7.72. The van der Waals surface area contributed by atoms with Gasteiger partial charge < -0.3 is 4.90 Å². The van der Waals surface area contributed by atoms with Gasteiger partial charge in [-0.25, -0.2) is 17.2 Å². The Balaban J connectivity index is 1.61. The van der Waals surface area contributed by atoms with E-state index in [-0.39, 0.29) is 16.4 Å². The summed E-state index contributed by atoms with van der Waals surface area (Å²) in [5, 5.41) is 0.403. The lowest BCUT2D eigenvalue weighted by Gasteiger charge is -2.45. The molecular weight excluding hydrogens is 482 g/mol. The fourth-order valence-electron chi connectivity index (χ4n) is 5.70. The van der Waals surface area contributed by atoms with Crippen molar-refractivity contribution < 1.29 is 22.0 Å². The van der Waals surface area contributed by atoms with Gasteiger partial charge in [-0.1, -0.05) is 11.6 Å².